The Morgan fingerprint density at radius 3 is 2.65 bits per heavy atom. The lowest BCUT2D eigenvalue weighted by molar-refractivity contribution is 0.530. The van der Waals surface area contributed by atoms with Crippen molar-refractivity contribution in [2.24, 2.45) is 0 Å². The van der Waals surface area contributed by atoms with Gasteiger partial charge in [0.25, 0.3) is 0 Å². The fourth-order valence-electron chi connectivity index (χ4n) is 2.19. The minimum absolute atomic E-state index is 0.0496. The molecule has 0 bridgehead atoms. The molecule has 4 heteroatoms. The molecule has 0 aliphatic rings. The summed E-state index contributed by atoms with van der Waals surface area (Å²) >= 11 is 0. The van der Waals surface area contributed by atoms with E-state index in [2.05, 4.69) is 15.3 Å². The maximum atomic E-state index is 13.4. The van der Waals surface area contributed by atoms with Crippen LogP contribution in [-0.4, -0.2) is 16.5 Å². The molecule has 3 nitrogen and oxygen atoms in total. The van der Waals surface area contributed by atoms with E-state index in [0.717, 1.165) is 29.1 Å². The van der Waals surface area contributed by atoms with Gasteiger partial charge in [-0.1, -0.05) is 13.0 Å². The van der Waals surface area contributed by atoms with Gasteiger partial charge < -0.3 is 5.32 Å². The second kappa shape index (κ2) is 6.57. The number of aromatic nitrogens is 2. The lowest BCUT2D eigenvalue weighted by atomic mass is 9.99. The minimum Gasteiger partial charge on any atom is -0.309 e. The first-order valence-corrected chi connectivity index (χ1v) is 6.87. The molecule has 1 aromatic heterocycles. The number of nitrogens with zero attached hydrogens (tertiary/aromatic N) is 2. The average Bonchev–Trinajstić information content (AvgIpc) is 2.43. The Bertz CT molecular complexity index is 566. The van der Waals surface area contributed by atoms with Crippen LogP contribution in [0.15, 0.2) is 30.6 Å². The van der Waals surface area contributed by atoms with E-state index in [1.54, 1.807) is 18.5 Å². The fourth-order valence-corrected chi connectivity index (χ4v) is 2.19. The molecule has 0 aliphatic heterocycles. The van der Waals surface area contributed by atoms with Gasteiger partial charge in [0, 0.05) is 6.20 Å². The number of likely N-dealkylation sites (N-methyl/N-ethyl adjacent to an activating group) is 1. The normalized spacial score (nSPS) is 12.4. The number of halogens is 1. The Labute approximate surface area is 119 Å². The molecule has 1 unspecified atom stereocenters. The van der Waals surface area contributed by atoms with Gasteiger partial charge >= 0.3 is 0 Å². The van der Waals surface area contributed by atoms with Crippen molar-refractivity contribution in [1.29, 1.82) is 0 Å². The molecule has 0 saturated heterocycles. The van der Waals surface area contributed by atoms with Gasteiger partial charge in [0.15, 0.2) is 0 Å². The summed E-state index contributed by atoms with van der Waals surface area (Å²) in [6, 6.07) is 4.95. The predicted molar refractivity (Wildman–Crippen MR) is 78.0 cm³/mol. The molecule has 0 spiro atoms. The smallest absolute Gasteiger partial charge is 0.123 e. The Kier molecular flexibility index (Phi) is 4.79. The molecule has 0 radical (unpaired) electrons. The molecule has 0 fully saturated rings. The molecule has 1 N–H and O–H groups in total. The number of hydrogen-bond donors (Lipinski definition) is 1. The van der Waals surface area contributed by atoms with Crippen LogP contribution in [0.3, 0.4) is 0 Å². The van der Waals surface area contributed by atoms with Crippen molar-refractivity contribution >= 4 is 0 Å². The molecule has 1 heterocycles. The van der Waals surface area contributed by atoms with Crippen molar-refractivity contribution in [3.05, 3.63) is 58.9 Å². The van der Waals surface area contributed by atoms with Crippen LogP contribution in [0.5, 0.6) is 0 Å². The molecule has 106 valence electrons. The third kappa shape index (κ3) is 3.61. The van der Waals surface area contributed by atoms with Crippen LogP contribution < -0.4 is 5.32 Å². The maximum absolute atomic E-state index is 13.4. The number of rotatable bonds is 5. The van der Waals surface area contributed by atoms with E-state index in [-0.39, 0.29) is 11.9 Å². The molecule has 0 amide bonds. The monoisotopic (exact) mass is 273 g/mol. The lowest BCUT2D eigenvalue weighted by Gasteiger charge is -2.18. The van der Waals surface area contributed by atoms with E-state index in [0.29, 0.717) is 6.42 Å². The highest BCUT2D eigenvalue weighted by Gasteiger charge is 2.14. The Morgan fingerprint density at radius 2 is 2.00 bits per heavy atom. The van der Waals surface area contributed by atoms with Gasteiger partial charge in [-0.2, -0.15) is 0 Å². The van der Waals surface area contributed by atoms with Gasteiger partial charge in [-0.3, -0.25) is 9.97 Å². The van der Waals surface area contributed by atoms with Crippen LogP contribution in [0, 0.1) is 19.7 Å². The van der Waals surface area contributed by atoms with Gasteiger partial charge in [0.1, 0.15) is 5.82 Å². The van der Waals surface area contributed by atoms with Crippen LogP contribution in [0.4, 0.5) is 4.39 Å². The molecule has 0 saturated carbocycles. The summed E-state index contributed by atoms with van der Waals surface area (Å²) in [6.07, 6.45) is 4.25. The zero-order chi connectivity index (χ0) is 14.5. The van der Waals surface area contributed by atoms with Gasteiger partial charge in [0.05, 0.1) is 23.6 Å². The van der Waals surface area contributed by atoms with Crippen LogP contribution >= 0.6 is 0 Å². The third-order valence-corrected chi connectivity index (χ3v) is 3.34. The summed E-state index contributed by atoms with van der Waals surface area (Å²) in [5.41, 5.74) is 3.87. The van der Waals surface area contributed by atoms with E-state index >= 15 is 0 Å². The Balaban J connectivity index is 2.25. The summed E-state index contributed by atoms with van der Waals surface area (Å²) < 4.78 is 13.4. The van der Waals surface area contributed by atoms with Gasteiger partial charge in [-0.05, 0) is 50.1 Å². The first kappa shape index (κ1) is 14.6. The van der Waals surface area contributed by atoms with Gasteiger partial charge in [-0.25, -0.2) is 4.39 Å². The van der Waals surface area contributed by atoms with Gasteiger partial charge in [-0.15, -0.1) is 0 Å². The van der Waals surface area contributed by atoms with Crippen molar-refractivity contribution in [3.63, 3.8) is 0 Å². The van der Waals surface area contributed by atoms with Crippen molar-refractivity contribution in [2.45, 2.75) is 33.2 Å². The molecule has 0 aliphatic carbocycles. The molecule has 20 heavy (non-hydrogen) atoms. The van der Waals surface area contributed by atoms with Crippen molar-refractivity contribution < 1.29 is 4.39 Å². The molecular formula is C16H20FN3. The van der Waals surface area contributed by atoms with Crippen molar-refractivity contribution in [2.75, 3.05) is 6.54 Å². The molecular weight excluding hydrogens is 253 g/mol. The quantitative estimate of drug-likeness (QED) is 0.909. The second-order valence-electron chi connectivity index (χ2n) is 4.97. The van der Waals surface area contributed by atoms with Gasteiger partial charge in [0.2, 0.25) is 0 Å². The highest BCUT2D eigenvalue weighted by Crippen LogP contribution is 2.19. The zero-order valence-corrected chi connectivity index (χ0v) is 12.2. The highest BCUT2D eigenvalue weighted by atomic mass is 19.1. The Morgan fingerprint density at radius 1 is 1.20 bits per heavy atom. The lowest BCUT2D eigenvalue weighted by Crippen LogP contribution is -2.24. The Hall–Kier alpha value is -1.81. The average molecular weight is 273 g/mol. The summed E-state index contributed by atoms with van der Waals surface area (Å²) in [7, 11) is 0. The van der Waals surface area contributed by atoms with Crippen molar-refractivity contribution in [3.8, 4) is 0 Å². The number of hydrogen-bond acceptors (Lipinski definition) is 3. The molecule has 1 atom stereocenters. The maximum Gasteiger partial charge on any atom is 0.123 e. The topological polar surface area (TPSA) is 37.8 Å². The highest BCUT2D eigenvalue weighted by molar-refractivity contribution is 5.28. The van der Waals surface area contributed by atoms with E-state index in [9.17, 15) is 4.39 Å². The standard InChI is InChI=1S/C16H20FN3/c1-4-18-15(16-10-19-12(3)9-20-16)8-13-7-14(17)6-5-11(13)2/h5-7,9-10,15,18H,4,8H2,1-3H3. The minimum atomic E-state index is -0.198. The van der Waals surface area contributed by atoms with Crippen molar-refractivity contribution in [1.82, 2.24) is 15.3 Å². The first-order chi connectivity index (χ1) is 9.60. The van der Waals surface area contributed by atoms with Crippen LogP contribution in [0.2, 0.25) is 0 Å². The largest absolute Gasteiger partial charge is 0.309 e. The van der Waals surface area contributed by atoms with Crippen LogP contribution in [0.25, 0.3) is 0 Å². The fraction of sp³-hybridized carbons (Fsp3) is 0.375. The van der Waals surface area contributed by atoms with Crippen LogP contribution in [-0.2, 0) is 6.42 Å². The summed E-state index contributed by atoms with van der Waals surface area (Å²) in [5.74, 6) is -0.198. The summed E-state index contributed by atoms with van der Waals surface area (Å²) in [4.78, 5) is 8.71. The summed E-state index contributed by atoms with van der Waals surface area (Å²) in [6.45, 7) is 6.79. The summed E-state index contributed by atoms with van der Waals surface area (Å²) in [5, 5.41) is 3.39. The molecule has 2 rings (SSSR count). The number of nitrogens with one attached hydrogen (secondary N) is 1. The molecule has 1 aromatic carbocycles. The van der Waals surface area contributed by atoms with Crippen LogP contribution in [0.1, 0.15) is 35.5 Å². The van der Waals surface area contributed by atoms with E-state index in [1.807, 2.05) is 26.8 Å². The predicted octanol–water partition coefficient (Wildman–Crippen LogP) is 3.13. The third-order valence-electron chi connectivity index (χ3n) is 3.34. The van der Waals surface area contributed by atoms with E-state index in [1.165, 1.54) is 6.07 Å². The number of aryl methyl sites for hydroxylation is 2. The zero-order valence-electron chi connectivity index (χ0n) is 12.2. The van der Waals surface area contributed by atoms with E-state index in [4.69, 9.17) is 0 Å². The number of benzene rings is 1. The molecule has 2 aromatic rings. The van der Waals surface area contributed by atoms with E-state index < -0.39 is 0 Å². The second-order valence-corrected chi connectivity index (χ2v) is 4.97. The first-order valence-electron chi connectivity index (χ1n) is 6.87. The SMILES string of the molecule is CCNC(Cc1cc(F)ccc1C)c1cnc(C)cn1.